The van der Waals surface area contributed by atoms with E-state index < -0.39 is 0 Å². The van der Waals surface area contributed by atoms with E-state index in [1.807, 2.05) is 0 Å². The first-order valence-electron chi connectivity index (χ1n) is 7.21. The normalized spacial score (nSPS) is 10.4. The molecular formula is C16H16N4O4. The van der Waals surface area contributed by atoms with Crippen LogP contribution in [0.1, 0.15) is 12.8 Å². The fraction of sp³-hybridized carbons (Fsp3) is 0.188. The zero-order chi connectivity index (χ0) is 16.9. The van der Waals surface area contributed by atoms with Gasteiger partial charge in [0.2, 0.25) is 17.6 Å². The van der Waals surface area contributed by atoms with Gasteiger partial charge in [0.05, 0.1) is 25.6 Å². The Bertz CT molecular complexity index is 826. The van der Waals surface area contributed by atoms with Gasteiger partial charge >= 0.3 is 0 Å². The monoisotopic (exact) mass is 328 g/mol. The van der Waals surface area contributed by atoms with Crippen LogP contribution >= 0.6 is 0 Å². The van der Waals surface area contributed by atoms with Crippen molar-refractivity contribution in [2.75, 3.05) is 17.7 Å². The van der Waals surface area contributed by atoms with Gasteiger partial charge in [0, 0.05) is 12.6 Å². The maximum atomic E-state index is 11.2. The summed E-state index contributed by atoms with van der Waals surface area (Å²) in [6, 6.07) is 8.79. The third kappa shape index (κ3) is 3.54. The smallest absolute Gasteiger partial charge is 0.246 e. The van der Waals surface area contributed by atoms with Crippen LogP contribution in [0.5, 0.6) is 5.75 Å². The van der Waals surface area contributed by atoms with Gasteiger partial charge in [-0.2, -0.15) is 4.98 Å². The van der Waals surface area contributed by atoms with Crippen molar-refractivity contribution in [2.45, 2.75) is 13.5 Å². The zero-order valence-electron chi connectivity index (χ0n) is 13.2. The second kappa shape index (κ2) is 6.86. The highest BCUT2D eigenvalue weighted by molar-refractivity contribution is 5.89. The number of benzene rings is 1. The maximum Gasteiger partial charge on any atom is 0.246 e. The average Bonchev–Trinajstić information content (AvgIpc) is 3.23. The zero-order valence-corrected chi connectivity index (χ0v) is 13.2. The first-order chi connectivity index (χ1) is 11.7. The molecule has 2 heterocycles. The highest BCUT2D eigenvalue weighted by Gasteiger charge is 2.12. The molecule has 1 aromatic carbocycles. The summed E-state index contributed by atoms with van der Waals surface area (Å²) in [5.74, 6) is 1.81. The Morgan fingerprint density at radius 1 is 1.33 bits per heavy atom. The molecule has 8 nitrogen and oxygen atoms in total. The van der Waals surface area contributed by atoms with Gasteiger partial charge in [0.25, 0.3) is 0 Å². The minimum absolute atomic E-state index is 0.147. The molecule has 0 saturated carbocycles. The molecule has 0 saturated heterocycles. The number of carbonyl (C=O) groups excluding carboxylic acids is 1. The highest BCUT2D eigenvalue weighted by atomic mass is 16.5. The van der Waals surface area contributed by atoms with Crippen molar-refractivity contribution in [3.05, 3.63) is 42.5 Å². The van der Waals surface area contributed by atoms with Gasteiger partial charge in [-0.1, -0.05) is 5.16 Å². The van der Waals surface area contributed by atoms with Crippen molar-refractivity contribution >= 4 is 17.3 Å². The molecule has 2 aromatic heterocycles. The molecule has 0 spiro atoms. The summed E-state index contributed by atoms with van der Waals surface area (Å²) < 4.78 is 15.7. The summed E-state index contributed by atoms with van der Waals surface area (Å²) in [6.45, 7) is 1.75. The topological polar surface area (TPSA) is 102 Å². The second-order valence-electron chi connectivity index (χ2n) is 4.94. The van der Waals surface area contributed by atoms with Gasteiger partial charge in [0.1, 0.15) is 5.75 Å². The summed E-state index contributed by atoms with van der Waals surface area (Å²) in [6.07, 6.45) is 1.54. The third-order valence-corrected chi connectivity index (χ3v) is 3.16. The number of rotatable bonds is 6. The van der Waals surface area contributed by atoms with Gasteiger partial charge in [-0.3, -0.25) is 4.79 Å². The molecule has 0 aliphatic carbocycles. The van der Waals surface area contributed by atoms with Crippen LogP contribution in [0, 0.1) is 0 Å². The quantitative estimate of drug-likeness (QED) is 0.717. The summed E-state index contributed by atoms with van der Waals surface area (Å²) in [5, 5.41) is 9.73. The lowest BCUT2D eigenvalue weighted by molar-refractivity contribution is -0.114. The number of amides is 1. The van der Waals surface area contributed by atoms with Crippen LogP contribution in [0.2, 0.25) is 0 Å². The SMILES string of the molecule is COc1ccc(NC(C)=O)cc1NCc1nc(-c2ccco2)no1. The number of hydrogen-bond acceptors (Lipinski definition) is 7. The first-order valence-corrected chi connectivity index (χ1v) is 7.21. The average molecular weight is 328 g/mol. The minimum Gasteiger partial charge on any atom is -0.495 e. The van der Waals surface area contributed by atoms with Crippen LogP contribution in [-0.2, 0) is 11.3 Å². The summed E-state index contributed by atoms with van der Waals surface area (Å²) >= 11 is 0. The lowest BCUT2D eigenvalue weighted by atomic mass is 10.2. The minimum atomic E-state index is -0.147. The van der Waals surface area contributed by atoms with E-state index in [0.717, 1.165) is 0 Å². The van der Waals surface area contributed by atoms with E-state index >= 15 is 0 Å². The van der Waals surface area contributed by atoms with Crippen LogP contribution in [0.15, 0.2) is 45.5 Å². The standard InChI is InChI=1S/C16H16N4O4/c1-10(21)18-11-5-6-13(22-2)12(8-11)17-9-15-19-16(20-24-15)14-4-3-7-23-14/h3-8,17H,9H2,1-2H3,(H,18,21). The highest BCUT2D eigenvalue weighted by Crippen LogP contribution is 2.28. The molecule has 3 rings (SSSR count). The number of ether oxygens (including phenoxy) is 1. The molecule has 0 bridgehead atoms. The lowest BCUT2D eigenvalue weighted by Gasteiger charge is -2.12. The third-order valence-electron chi connectivity index (χ3n) is 3.16. The van der Waals surface area contributed by atoms with Gasteiger partial charge in [-0.15, -0.1) is 0 Å². The van der Waals surface area contributed by atoms with Crippen molar-refractivity contribution in [3.63, 3.8) is 0 Å². The molecule has 0 aliphatic rings. The summed E-state index contributed by atoms with van der Waals surface area (Å²) in [4.78, 5) is 15.4. The summed E-state index contributed by atoms with van der Waals surface area (Å²) in [5.41, 5.74) is 1.36. The molecular weight excluding hydrogens is 312 g/mol. The van der Waals surface area contributed by atoms with Crippen LogP contribution in [-0.4, -0.2) is 23.2 Å². The van der Waals surface area contributed by atoms with Crippen molar-refractivity contribution in [1.82, 2.24) is 10.1 Å². The van der Waals surface area contributed by atoms with E-state index in [1.165, 1.54) is 6.92 Å². The van der Waals surface area contributed by atoms with Crippen molar-refractivity contribution in [3.8, 4) is 17.3 Å². The van der Waals surface area contributed by atoms with E-state index in [4.69, 9.17) is 13.7 Å². The molecule has 124 valence electrons. The molecule has 0 unspecified atom stereocenters. The van der Waals surface area contributed by atoms with Crippen molar-refractivity contribution in [1.29, 1.82) is 0 Å². The van der Waals surface area contributed by atoms with Crippen molar-refractivity contribution in [2.24, 2.45) is 0 Å². The number of aromatic nitrogens is 2. The van der Waals surface area contributed by atoms with Gasteiger partial charge in [0.15, 0.2) is 5.76 Å². The summed E-state index contributed by atoms with van der Waals surface area (Å²) in [7, 11) is 1.57. The van der Waals surface area contributed by atoms with Gasteiger partial charge in [-0.25, -0.2) is 0 Å². The van der Waals surface area contributed by atoms with Crippen LogP contribution in [0.25, 0.3) is 11.6 Å². The Morgan fingerprint density at radius 2 is 2.21 bits per heavy atom. The Hall–Kier alpha value is -3.29. The predicted octanol–water partition coefficient (Wildman–Crippen LogP) is 2.91. The Balaban J connectivity index is 1.72. The predicted molar refractivity (Wildman–Crippen MR) is 86.6 cm³/mol. The fourth-order valence-electron chi connectivity index (χ4n) is 2.13. The number of methoxy groups -OCH3 is 1. The molecule has 24 heavy (non-hydrogen) atoms. The first kappa shape index (κ1) is 15.6. The molecule has 2 N–H and O–H groups in total. The van der Waals surface area contributed by atoms with Crippen LogP contribution in [0.4, 0.5) is 11.4 Å². The molecule has 8 heteroatoms. The molecule has 0 fully saturated rings. The molecule has 0 atom stereocenters. The van der Waals surface area contributed by atoms with Gasteiger partial charge < -0.3 is 24.3 Å². The van der Waals surface area contributed by atoms with Crippen molar-refractivity contribution < 1.29 is 18.5 Å². The van der Waals surface area contributed by atoms with Crippen LogP contribution in [0.3, 0.4) is 0 Å². The van der Waals surface area contributed by atoms with E-state index in [9.17, 15) is 4.79 Å². The largest absolute Gasteiger partial charge is 0.495 e. The van der Waals surface area contributed by atoms with E-state index in [-0.39, 0.29) is 5.91 Å². The number of hydrogen-bond donors (Lipinski definition) is 2. The Morgan fingerprint density at radius 3 is 2.92 bits per heavy atom. The second-order valence-corrected chi connectivity index (χ2v) is 4.94. The van der Waals surface area contributed by atoms with Crippen LogP contribution < -0.4 is 15.4 Å². The fourth-order valence-corrected chi connectivity index (χ4v) is 2.13. The number of furan rings is 1. The van der Waals surface area contributed by atoms with E-state index in [0.29, 0.717) is 41.1 Å². The van der Waals surface area contributed by atoms with E-state index in [2.05, 4.69) is 20.8 Å². The maximum absolute atomic E-state index is 11.2. The molecule has 3 aromatic rings. The Kier molecular flexibility index (Phi) is 4.46. The Labute approximate surface area is 137 Å². The molecule has 1 amide bonds. The number of nitrogens with one attached hydrogen (secondary N) is 2. The van der Waals surface area contributed by atoms with E-state index in [1.54, 1.807) is 43.7 Å². The number of anilines is 2. The lowest BCUT2D eigenvalue weighted by Crippen LogP contribution is -2.07. The van der Waals surface area contributed by atoms with Gasteiger partial charge in [-0.05, 0) is 30.3 Å². The molecule has 0 aliphatic heterocycles. The number of nitrogens with zero attached hydrogens (tertiary/aromatic N) is 2. The number of carbonyl (C=O) groups is 1. The molecule has 0 radical (unpaired) electrons.